The van der Waals surface area contributed by atoms with Crippen LogP contribution in [0.3, 0.4) is 0 Å². The lowest BCUT2D eigenvalue weighted by Gasteiger charge is -2.28. The van der Waals surface area contributed by atoms with Gasteiger partial charge in [0.2, 0.25) is 11.8 Å². The van der Waals surface area contributed by atoms with Crippen LogP contribution in [0.25, 0.3) is 0 Å². The van der Waals surface area contributed by atoms with Gasteiger partial charge in [-0.1, -0.05) is 13.8 Å². The molecule has 4 rings (SSSR count). The first kappa shape index (κ1) is 20.5. The van der Waals surface area contributed by atoms with Crippen molar-refractivity contribution in [3.05, 3.63) is 30.1 Å². The van der Waals surface area contributed by atoms with Crippen molar-refractivity contribution in [2.24, 2.45) is 29.6 Å². The molecule has 2 saturated carbocycles. The lowest BCUT2D eigenvalue weighted by atomic mass is 9.81. The molecule has 2 bridgehead atoms. The first-order chi connectivity index (χ1) is 14.3. The van der Waals surface area contributed by atoms with Crippen LogP contribution in [0.4, 0.5) is 10.1 Å². The highest BCUT2D eigenvalue weighted by Crippen LogP contribution is 2.56. The molecule has 1 N–H and O–H groups in total. The number of imide groups is 1. The van der Waals surface area contributed by atoms with Gasteiger partial charge in [0.15, 0.2) is 6.61 Å². The second-order valence-electron chi connectivity index (χ2n) is 8.78. The van der Waals surface area contributed by atoms with Crippen LogP contribution in [0, 0.1) is 35.4 Å². The van der Waals surface area contributed by atoms with Crippen molar-refractivity contribution in [1.29, 1.82) is 0 Å². The third-order valence-corrected chi connectivity index (χ3v) is 6.59. The highest BCUT2D eigenvalue weighted by atomic mass is 19.1. The molecule has 30 heavy (non-hydrogen) atoms. The number of esters is 1. The summed E-state index contributed by atoms with van der Waals surface area (Å²) in [4.78, 5) is 52.0. The lowest BCUT2D eigenvalue weighted by molar-refractivity contribution is -0.162. The van der Waals surface area contributed by atoms with E-state index in [0.717, 1.165) is 24.2 Å². The molecule has 2 aliphatic carbocycles. The Morgan fingerprint density at radius 1 is 1.10 bits per heavy atom. The maximum atomic E-state index is 13.0. The largest absolute Gasteiger partial charge is 0.454 e. The van der Waals surface area contributed by atoms with Crippen molar-refractivity contribution in [3.8, 4) is 0 Å². The zero-order valence-electron chi connectivity index (χ0n) is 17.0. The number of ether oxygens (including phenoxy) is 1. The van der Waals surface area contributed by atoms with Crippen LogP contribution in [0.2, 0.25) is 0 Å². The van der Waals surface area contributed by atoms with E-state index in [9.17, 15) is 23.6 Å². The SMILES string of the molecule is CC(C)[C@H](C(=O)OCC(=O)Nc1ccc(F)cc1)N1C(=O)[C@H]2[C@@H]3CC[C@@H](C3)[C@@H]2C1=O. The molecule has 1 aliphatic heterocycles. The van der Waals surface area contributed by atoms with E-state index >= 15 is 0 Å². The van der Waals surface area contributed by atoms with Crippen molar-refractivity contribution >= 4 is 29.4 Å². The van der Waals surface area contributed by atoms with Gasteiger partial charge in [0.25, 0.3) is 5.91 Å². The van der Waals surface area contributed by atoms with E-state index < -0.39 is 30.3 Å². The van der Waals surface area contributed by atoms with Gasteiger partial charge in [0.05, 0.1) is 11.8 Å². The smallest absolute Gasteiger partial charge is 0.330 e. The number of benzene rings is 1. The molecule has 3 aliphatic rings. The molecule has 0 unspecified atom stereocenters. The summed E-state index contributed by atoms with van der Waals surface area (Å²) in [5.41, 5.74) is 0.367. The number of fused-ring (bicyclic) bond motifs is 5. The fourth-order valence-electron chi connectivity index (χ4n) is 5.33. The zero-order valence-corrected chi connectivity index (χ0v) is 17.0. The number of carbonyl (C=O) groups excluding carboxylic acids is 4. The molecule has 8 heteroatoms. The van der Waals surface area contributed by atoms with Crippen molar-refractivity contribution < 1.29 is 28.3 Å². The van der Waals surface area contributed by atoms with Gasteiger partial charge in [-0.2, -0.15) is 0 Å². The summed E-state index contributed by atoms with van der Waals surface area (Å²) < 4.78 is 18.1. The van der Waals surface area contributed by atoms with Gasteiger partial charge in [-0.15, -0.1) is 0 Å². The molecular weight excluding hydrogens is 391 g/mol. The Balaban J connectivity index is 1.41. The Morgan fingerprint density at radius 3 is 2.20 bits per heavy atom. The number of hydrogen-bond donors (Lipinski definition) is 1. The number of hydrogen-bond acceptors (Lipinski definition) is 5. The summed E-state index contributed by atoms with van der Waals surface area (Å²) in [5.74, 6) is -2.86. The van der Waals surface area contributed by atoms with Crippen LogP contribution in [0.1, 0.15) is 33.1 Å². The van der Waals surface area contributed by atoms with Gasteiger partial charge >= 0.3 is 5.97 Å². The van der Waals surface area contributed by atoms with Crippen molar-refractivity contribution in [1.82, 2.24) is 4.90 Å². The number of anilines is 1. The molecular formula is C22H25FN2O5. The zero-order chi connectivity index (χ0) is 21.6. The van der Waals surface area contributed by atoms with Crippen molar-refractivity contribution in [2.45, 2.75) is 39.2 Å². The number of nitrogens with one attached hydrogen (secondary N) is 1. The van der Waals surface area contributed by atoms with Crippen molar-refractivity contribution in [2.75, 3.05) is 11.9 Å². The molecule has 1 heterocycles. The predicted molar refractivity (Wildman–Crippen MR) is 104 cm³/mol. The summed E-state index contributed by atoms with van der Waals surface area (Å²) in [6.07, 6.45) is 2.83. The van der Waals surface area contributed by atoms with Crippen LogP contribution in [0.5, 0.6) is 0 Å². The van der Waals surface area contributed by atoms with Gasteiger partial charge in [0.1, 0.15) is 11.9 Å². The van der Waals surface area contributed by atoms with Crippen molar-refractivity contribution in [3.63, 3.8) is 0 Å². The highest BCUT2D eigenvalue weighted by Gasteiger charge is 2.62. The minimum atomic E-state index is -1.05. The van der Waals surface area contributed by atoms with Gasteiger partial charge in [0, 0.05) is 5.69 Å². The van der Waals surface area contributed by atoms with Crippen LogP contribution in [-0.2, 0) is 23.9 Å². The van der Waals surface area contributed by atoms with E-state index in [1.54, 1.807) is 13.8 Å². The Morgan fingerprint density at radius 2 is 1.67 bits per heavy atom. The predicted octanol–water partition coefficient (Wildman–Crippen LogP) is 2.36. The van der Waals surface area contributed by atoms with Crippen LogP contribution in [-0.4, -0.2) is 41.2 Å². The second kappa shape index (κ2) is 7.81. The Kier molecular flexibility index (Phi) is 5.34. The third kappa shape index (κ3) is 3.48. The van der Waals surface area contributed by atoms with Crippen LogP contribution < -0.4 is 5.32 Å². The molecule has 160 valence electrons. The molecule has 3 fully saturated rings. The molecule has 1 aromatic carbocycles. The van der Waals surface area contributed by atoms with E-state index in [0.29, 0.717) is 5.69 Å². The average molecular weight is 416 g/mol. The molecule has 1 saturated heterocycles. The van der Waals surface area contributed by atoms with E-state index in [1.807, 2.05) is 0 Å². The number of nitrogens with zero attached hydrogens (tertiary/aromatic N) is 1. The number of carbonyl (C=O) groups is 4. The first-order valence-electron chi connectivity index (χ1n) is 10.4. The first-order valence-corrected chi connectivity index (χ1v) is 10.4. The van der Waals surface area contributed by atoms with Crippen LogP contribution >= 0.6 is 0 Å². The van der Waals surface area contributed by atoms with Gasteiger partial charge < -0.3 is 10.1 Å². The maximum absolute atomic E-state index is 13.0. The quantitative estimate of drug-likeness (QED) is 0.568. The molecule has 0 aromatic heterocycles. The average Bonchev–Trinajstić information content (AvgIpc) is 3.38. The number of halogens is 1. The summed E-state index contributed by atoms with van der Waals surface area (Å²) in [7, 11) is 0. The van der Waals surface area contributed by atoms with Gasteiger partial charge in [-0.25, -0.2) is 9.18 Å². The normalized spacial score (nSPS) is 28.1. The highest BCUT2D eigenvalue weighted by molar-refractivity contribution is 6.08. The van der Waals surface area contributed by atoms with Gasteiger partial charge in [-0.05, 0) is 61.3 Å². The monoisotopic (exact) mass is 416 g/mol. The minimum Gasteiger partial charge on any atom is -0.454 e. The molecule has 7 nitrogen and oxygen atoms in total. The standard InChI is InChI=1S/C22H25FN2O5/c1-11(2)19(22(29)30-10-16(26)24-15-7-5-14(23)6-8-15)25-20(27)17-12-3-4-13(9-12)18(17)21(25)28/h5-8,11-13,17-19H,3-4,9-10H2,1-2H3,(H,24,26)/t12-,13+,17-,18-,19+/m0/s1. The van der Waals surface area contributed by atoms with Crippen LogP contribution in [0.15, 0.2) is 24.3 Å². The Labute approximate surface area is 173 Å². The number of likely N-dealkylation sites (tertiary alicyclic amines) is 1. The summed E-state index contributed by atoms with van der Waals surface area (Å²) in [6.45, 7) is 2.93. The molecule has 0 radical (unpaired) electrons. The molecule has 1 aromatic rings. The fourth-order valence-corrected chi connectivity index (χ4v) is 5.33. The summed E-state index contributed by atoms with van der Waals surface area (Å²) in [6, 6.07) is 4.13. The topological polar surface area (TPSA) is 92.8 Å². The third-order valence-electron chi connectivity index (χ3n) is 6.59. The minimum absolute atomic E-state index is 0.228. The second-order valence-corrected chi connectivity index (χ2v) is 8.78. The van der Waals surface area contributed by atoms with E-state index in [-0.39, 0.29) is 41.4 Å². The number of rotatable bonds is 6. The fraction of sp³-hybridized carbons (Fsp3) is 0.545. The summed E-state index contributed by atoms with van der Waals surface area (Å²) >= 11 is 0. The van der Waals surface area contributed by atoms with E-state index in [1.165, 1.54) is 24.3 Å². The van der Waals surface area contributed by atoms with E-state index in [2.05, 4.69) is 5.32 Å². The Hall–Kier alpha value is -2.77. The molecule has 5 atom stereocenters. The molecule has 3 amide bonds. The lowest BCUT2D eigenvalue weighted by Crippen LogP contribution is -2.50. The summed E-state index contributed by atoms with van der Waals surface area (Å²) in [5, 5.41) is 2.50. The maximum Gasteiger partial charge on any atom is 0.330 e. The van der Waals surface area contributed by atoms with E-state index in [4.69, 9.17) is 4.74 Å². The Bertz CT molecular complexity index is 856. The molecule has 0 spiro atoms. The van der Waals surface area contributed by atoms with Gasteiger partial charge in [-0.3, -0.25) is 19.3 Å². The number of amides is 3.